The van der Waals surface area contributed by atoms with E-state index in [1.807, 2.05) is 0 Å². The first-order chi connectivity index (χ1) is 8.56. The highest BCUT2D eigenvalue weighted by molar-refractivity contribution is 6.06. The lowest BCUT2D eigenvalue weighted by Gasteiger charge is -2.08. The quantitative estimate of drug-likeness (QED) is 0.638. The minimum Gasteiger partial charge on any atom is -0.508 e. The maximum absolute atomic E-state index is 11.9. The van der Waals surface area contributed by atoms with Crippen molar-refractivity contribution in [3.63, 3.8) is 0 Å². The van der Waals surface area contributed by atoms with Gasteiger partial charge in [0.25, 0.3) is 5.91 Å². The van der Waals surface area contributed by atoms with Gasteiger partial charge < -0.3 is 21.3 Å². The third-order valence-corrected chi connectivity index (χ3v) is 2.26. The smallest absolute Gasteiger partial charge is 0.255 e. The summed E-state index contributed by atoms with van der Waals surface area (Å²) >= 11 is 0. The van der Waals surface area contributed by atoms with Crippen LogP contribution in [-0.4, -0.2) is 21.1 Å². The van der Waals surface area contributed by atoms with Gasteiger partial charge in [0.1, 0.15) is 11.5 Å². The number of pyridine rings is 1. The molecule has 18 heavy (non-hydrogen) atoms. The maximum Gasteiger partial charge on any atom is 0.255 e. The molecule has 0 aliphatic heterocycles. The molecule has 1 amide bonds. The van der Waals surface area contributed by atoms with Crippen LogP contribution in [0.1, 0.15) is 10.4 Å². The largest absolute Gasteiger partial charge is 0.508 e. The number of nitrogens with zero attached hydrogens (tertiary/aromatic N) is 1. The van der Waals surface area contributed by atoms with Crippen molar-refractivity contribution in [1.82, 2.24) is 4.98 Å². The van der Waals surface area contributed by atoms with Crippen LogP contribution in [0.4, 0.5) is 11.4 Å². The monoisotopic (exact) mass is 245 g/mol. The number of aromatic nitrogens is 1. The molecule has 0 atom stereocenters. The second-order valence-corrected chi connectivity index (χ2v) is 3.66. The molecule has 2 aromatic rings. The molecule has 1 heterocycles. The Labute approximate surface area is 103 Å². The Morgan fingerprint density at radius 2 is 1.89 bits per heavy atom. The lowest BCUT2D eigenvalue weighted by atomic mass is 10.2. The van der Waals surface area contributed by atoms with Crippen molar-refractivity contribution in [2.75, 3.05) is 11.1 Å². The fourth-order valence-electron chi connectivity index (χ4n) is 1.44. The van der Waals surface area contributed by atoms with Gasteiger partial charge in [0.2, 0.25) is 0 Å². The van der Waals surface area contributed by atoms with E-state index in [4.69, 9.17) is 5.73 Å². The molecule has 0 spiro atoms. The van der Waals surface area contributed by atoms with Gasteiger partial charge in [-0.05, 0) is 18.2 Å². The van der Waals surface area contributed by atoms with Gasteiger partial charge in [-0.1, -0.05) is 0 Å². The average molecular weight is 245 g/mol. The molecule has 92 valence electrons. The molecule has 6 heteroatoms. The van der Waals surface area contributed by atoms with Gasteiger partial charge in [-0.3, -0.25) is 9.78 Å². The number of phenolic OH excluding ortho intramolecular Hbond substituents is 2. The normalized spacial score (nSPS) is 10.0. The van der Waals surface area contributed by atoms with Crippen molar-refractivity contribution in [2.24, 2.45) is 0 Å². The number of aromatic hydroxyl groups is 2. The number of carbonyl (C=O) groups excluding carboxylic acids is 1. The zero-order chi connectivity index (χ0) is 13.1. The van der Waals surface area contributed by atoms with E-state index in [0.29, 0.717) is 11.4 Å². The maximum atomic E-state index is 11.9. The van der Waals surface area contributed by atoms with Crippen molar-refractivity contribution in [2.45, 2.75) is 0 Å². The molecule has 0 unspecified atom stereocenters. The molecule has 0 saturated carbocycles. The summed E-state index contributed by atoms with van der Waals surface area (Å²) in [6.07, 6.45) is 2.90. The van der Waals surface area contributed by atoms with E-state index in [-0.39, 0.29) is 17.1 Å². The molecule has 5 N–H and O–H groups in total. The topological polar surface area (TPSA) is 108 Å². The summed E-state index contributed by atoms with van der Waals surface area (Å²) < 4.78 is 0. The molecule has 0 radical (unpaired) electrons. The molecule has 0 aliphatic carbocycles. The van der Waals surface area contributed by atoms with Crippen LogP contribution in [0.25, 0.3) is 0 Å². The Hall–Kier alpha value is -2.76. The molecular formula is C12H11N3O3. The molecule has 0 aliphatic rings. The summed E-state index contributed by atoms with van der Waals surface area (Å²) in [5, 5.41) is 21.1. The fourth-order valence-corrected chi connectivity index (χ4v) is 1.44. The van der Waals surface area contributed by atoms with Crippen molar-refractivity contribution in [3.05, 3.63) is 42.2 Å². The van der Waals surface area contributed by atoms with Crippen LogP contribution in [0.2, 0.25) is 0 Å². The lowest BCUT2D eigenvalue weighted by Crippen LogP contribution is -2.13. The van der Waals surface area contributed by atoms with Crippen molar-refractivity contribution >= 4 is 17.3 Å². The van der Waals surface area contributed by atoms with Crippen molar-refractivity contribution in [1.29, 1.82) is 0 Å². The number of carbonyl (C=O) groups is 1. The van der Waals surface area contributed by atoms with E-state index >= 15 is 0 Å². The van der Waals surface area contributed by atoms with E-state index in [1.165, 1.54) is 24.5 Å². The number of hydrogen-bond acceptors (Lipinski definition) is 5. The third kappa shape index (κ3) is 2.49. The molecule has 1 aromatic heterocycles. The van der Waals surface area contributed by atoms with Gasteiger partial charge in [0.05, 0.1) is 17.6 Å². The van der Waals surface area contributed by atoms with Gasteiger partial charge >= 0.3 is 0 Å². The number of phenols is 2. The second-order valence-electron chi connectivity index (χ2n) is 3.66. The van der Waals surface area contributed by atoms with E-state index < -0.39 is 5.91 Å². The predicted octanol–water partition coefficient (Wildman–Crippen LogP) is 1.33. The van der Waals surface area contributed by atoms with Crippen LogP contribution in [0.3, 0.4) is 0 Å². The Balaban J connectivity index is 2.25. The average Bonchev–Trinajstić information content (AvgIpc) is 2.31. The highest BCUT2D eigenvalue weighted by Crippen LogP contribution is 2.22. The van der Waals surface area contributed by atoms with Crippen LogP contribution < -0.4 is 11.1 Å². The van der Waals surface area contributed by atoms with E-state index in [2.05, 4.69) is 10.3 Å². The van der Waals surface area contributed by atoms with Gasteiger partial charge in [-0.2, -0.15) is 0 Å². The van der Waals surface area contributed by atoms with Crippen LogP contribution in [0, 0.1) is 0 Å². The molecule has 0 saturated heterocycles. The van der Waals surface area contributed by atoms with E-state index in [1.54, 1.807) is 6.07 Å². The summed E-state index contributed by atoms with van der Waals surface area (Å²) in [6.45, 7) is 0. The van der Waals surface area contributed by atoms with Crippen LogP contribution in [-0.2, 0) is 0 Å². The zero-order valence-electron chi connectivity index (χ0n) is 9.29. The highest BCUT2D eigenvalue weighted by Gasteiger charge is 2.10. The van der Waals surface area contributed by atoms with Crippen LogP contribution in [0.5, 0.6) is 11.5 Å². The summed E-state index contributed by atoms with van der Waals surface area (Å²) in [5.41, 5.74) is 6.50. The Kier molecular flexibility index (Phi) is 3.01. The fraction of sp³-hybridized carbons (Fsp3) is 0. The summed E-state index contributed by atoms with van der Waals surface area (Å²) in [5.74, 6) is -0.871. The minimum absolute atomic E-state index is 0.128. The lowest BCUT2D eigenvalue weighted by molar-refractivity contribution is 0.102. The predicted molar refractivity (Wildman–Crippen MR) is 66.4 cm³/mol. The number of nitrogen functional groups attached to an aromatic ring is 1. The van der Waals surface area contributed by atoms with Gasteiger partial charge in [0, 0.05) is 17.8 Å². The Morgan fingerprint density at radius 1 is 1.22 bits per heavy atom. The Bertz CT molecular complexity index is 579. The van der Waals surface area contributed by atoms with Gasteiger partial charge in [0.15, 0.2) is 0 Å². The van der Waals surface area contributed by atoms with Gasteiger partial charge in [-0.15, -0.1) is 0 Å². The third-order valence-electron chi connectivity index (χ3n) is 2.26. The summed E-state index contributed by atoms with van der Waals surface area (Å²) in [7, 11) is 0. The molecule has 1 aromatic carbocycles. The minimum atomic E-state index is -0.487. The highest BCUT2D eigenvalue weighted by atomic mass is 16.3. The molecule has 2 rings (SSSR count). The number of benzene rings is 1. The van der Waals surface area contributed by atoms with E-state index in [9.17, 15) is 15.0 Å². The van der Waals surface area contributed by atoms with Crippen LogP contribution >= 0.6 is 0 Å². The standard InChI is InChI=1S/C12H11N3O3/c13-10-6-14-2-1-11(10)15-12(18)7-3-8(16)5-9(17)4-7/h1-6,16-17H,13H2,(H,14,15,18). The summed E-state index contributed by atoms with van der Waals surface area (Å²) in [4.78, 5) is 15.7. The second kappa shape index (κ2) is 4.62. The van der Waals surface area contributed by atoms with Crippen LogP contribution in [0.15, 0.2) is 36.7 Å². The number of rotatable bonds is 2. The molecule has 0 bridgehead atoms. The zero-order valence-corrected chi connectivity index (χ0v) is 9.29. The molecule has 6 nitrogen and oxygen atoms in total. The van der Waals surface area contributed by atoms with Crippen molar-refractivity contribution in [3.8, 4) is 11.5 Å². The van der Waals surface area contributed by atoms with Gasteiger partial charge in [-0.25, -0.2) is 0 Å². The summed E-state index contributed by atoms with van der Waals surface area (Å²) in [6, 6.07) is 5.17. The molecular weight excluding hydrogens is 234 g/mol. The first kappa shape index (κ1) is 11.7. The molecule has 0 fully saturated rings. The Morgan fingerprint density at radius 3 is 2.50 bits per heavy atom. The number of hydrogen-bond donors (Lipinski definition) is 4. The number of nitrogens with one attached hydrogen (secondary N) is 1. The first-order valence-electron chi connectivity index (χ1n) is 5.10. The number of amides is 1. The van der Waals surface area contributed by atoms with E-state index in [0.717, 1.165) is 6.07 Å². The van der Waals surface area contributed by atoms with Crippen molar-refractivity contribution < 1.29 is 15.0 Å². The SMILES string of the molecule is Nc1cnccc1NC(=O)c1cc(O)cc(O)c1. The number of nitrogens with two attached hydrogens (primary N) is 1. The number of anilines is 2. The first-order valence-corrected chi connectivity index (χ1v) is 5.10.